The predicted molar refractivity (Wildman–Crippen MR) is 248 cm³/mol. The number of rotatable bonds is 5. The van der Waals surface area contributed by atoms with Crippen LogP contribution in [0.15, 0.2) is 200 Å². The summed E-state index contributed by atoms with van der Waals surface area (Å²) < 4.78 is 0. The minimum atomic E-state index is 0.572. The Labute approximate surface area is 345 Å². The van der Waals surface area contributed by atoms with Crippen molar-refractivity contribution in [2.75, 3.05) is 0 Å². The van der Waals surface area contributed by atoms with Crippen molar-refractivity contribution in [2.45, 2.75) is 0 Å². The van der Waals surface area contributed by atoms with Gasteiger partial charge in [0.25, 0.3) is 0 Å². The normalized spacial score (nSPS) is 11.7. The van der Waals surface area contributed by atoms with Crippen LogP contribution in [0.25, 0.3) is 121 Å². The number of hydrogen-bond donors (Lipinski definition) is 0. The van der Waals surface area contributed by atoms with E-state index in [1.165, 1.54) is 43.1 Å². The van der Waals surface area contributed by atoms with Gasteiger partial charge in [0, 0.05) is 39.9 Å². The molecular formula is C55H33N5. The van der Waals surface area contributed by atoms with Gasteiger partial charge in [0.15, 0.2) is 17.5 Å². The molecule has 0 saturated heterocycles. The third-order valence-electron chi connectivity index (χ3n) is 11.7. The van der Waals surface area contributed by atoms with Gasteiger partial charge in [0.2, 0.25) is 0 Å². The van der Waals surface area contributed by atoms with E-state index >= 15 is 0 Å². The zero-order valence-electron chi connectivity index (χ0n) is 32.3. The minimum Gasteiger partial charge on any atom is -0.256 e. The van der Waals surface area contributed by atoms with Crippen molar-refractivity contribution in [3.63, 3.8) is 0 Å². The highest BCUT2D eigenvalue weighted by molar-refractivity contribution is 6.16. The smallest absolute Gasteiger partial charge is 0.164 e. The fourth-order valence-electron chi connectivity index (χ4n) is 8.83. The van der Waals surface area contributed by atoms with Crippen molar-refractivity contribution in [2.24, 2.45) is 0 Å². The monoisotopic (exact) mass is 763 g/mol. The Hall–Kier alpha value is -8.15. The summed E-state index contributed by atoms with van der Waals surface area (Å²) in [6, 6.07) is 66.7. The van der Waals surface area contributed by atoms with E-state index in [0.717, 1.165) is 60.8 Å². The van der Waals surface area contributed by atoms with Crippen molar-refractivity contribution in [3.05, 3.63) is 200 Å². The average Bonchev–Trinajstić information content (AvgIpc) is 3.33. The Morgan fingerprint density at radius 2 is 0.633 bits per heavy atom. The molecule has 0 saturated carbocycles. The van der Waals surface area contributed by atoms with Crippen LogP contribution in [0.2, 0.25) is 0 Å². The van der Waals surface area contributed by atoms with Crippen LogP contribution in [0.4, 0.5) is 0 Å². The van der Waals surface area contributed by atoms with Gasteiger partial charge in [-0.25, -0.2) is 15.0 Å². The maximum absolute atomic E-state index is 5.30. The Kier molecular flexibility index (Phi) is 7.78. The summed E-state index contributed by atoms with van der Waals surface area (Å²) in [6.07, 6.45) is 3.64. The van der Waals surface area contributed by atoms with Crippen LogP contribution in [-0.4, -0.2) is 24.9 Å². The van der Waals surface area contributed by atoms with Crippen molar-refractivity contribution >= 4 is 64.9 Å². The molecule has 0 bridgehead atoms. The molecule has 9 aromatic carbocycles. The maximum Gasteiger partial charge on any atom is 0.164 e. The molecule has 3 heterocycles. The van der Waals surface area contributed by atoms with Gasteiger partial charge in [-0.2, -0.15) is 0 Å². The zero-order chi connectivity index (χ0) is 39.6. The van der Waals surface area contributed by atoms with E-state index in [1.807, 2.05) is 24.5 Å². The maximum atomic E-state index is 5.30. The molecule has 0 aliphatic heterocycles. The third-order valence-corrected chi connectivity index (χ3v) is 11.7. The number of aromatic nitrogens is 5. The van der Waals surface area contributed by atoms with Crippen molar-refractivity contribution in [1.29, 1.82) is 0 Å². The van der Waals surface area contributed by atoms with E-state index in [2.05, 4.69) is 186 Å². The molecule has 12 rings (SSSR count). The number of fused-ring (bicyclic) bond motifs is 8. The molecule has 0 unspecified atom stereocenters. The Morgan fingerprint density at radius 1 is 0.250 bits per heavy atom. The van der Waals surface area contributed by atoms with Crippen molar-refractivity contribution in [1.82, 2.24) is 24.9 Å². The largest absolute Gasteiger partial charge is 0.256 e. The number of hydrogen-bond acceptors (Lipinski definition) is 5. The van der Waals surface area contributed by atoms with Crippen LogP contribution < -0.4 is 0 Å². The first-order valence-corrected chi connectivity index (χ1v) is 20.1. The summed E-state index contributed by atoms with van der Waals surface area (Å²) in [4.78, 5) is 25.1. The third kappa shape index (κ3) is 5.75. The lowest BCUT2D eigenvalue weighted by molar-refractivity contribution is 1.07. The van der Waals surface area contributed by atoms with Gasteiger partial charge >= 0.3 is 0 Å². The fourth-order valence-corrected chi connectivity index (χ4v) is 8.83. The van der Waals surface area contributed by atoms with Crippen LogP contribution >= 0.6 is 0 Å². The minimum absolute atomic E-state index is 0.572. The molecule has 0 amide bonds. The summed E-state index contributed by atoms with van der Waals surface area (Å²) in [5.74, 6) is 1.72. The summed E-state index contributed by atoms with van der Waals surface area (Å²) in [5, 5.41) is 11.8. The van der Waals surface area contributed by atoms with Gasteiger partial charge in [-0.1, -0.05) is 133 Å². The first-order valence-electron chi connectivity index (χ1n) is 20.1. The van der Waals surface area contributed by atoms with E-state index in [4.69, 9.17) is 15.0 Å². The molecule has 0 aliphatic carbocycles. The quantitative estimate of drug-likeness (QED) is 0.163. The molecule has 0 aliphatic rings. The lowest BCUT2D eigenvalue weighted by atomic mass is 9.88. The van der Waals surface area contributed by atoms with Gasteiger partial charge in [0.05, 0.1) is 11.0 Å². The van der Waals surface area contributed by atoms with Crippen LogP contribution in [0, 0.1) is 0 Å². The van der Waals surface area contributed by atoms with E-state index in [0.29, 0.717) is 17.5 Å². The molecule has 0 atom stereocenters. The molecule has 0 radical (unpaired) electrons. The van der Waals surface area contributed by atoms with Crippen LogP contribution in [-0.2, 0) is 0 Å². The van der Waals surface area contributed by atoms with E-state index < -0.39 is 0 Å². The number of pyridine rings is 2. The van der Waals surface area contributed by atoms with Crippen LogP contribution in [0.3, 0.4) is 0 Å². The highest BCUT2D eigenvalue weighted by Gasteiger charge is 2.19. The number of nitrogens with zero attached hydrogens (tertiary/aromatic N) is 5. The van der Waals surface area contributed by atoms with Gasteiger partial charge < -0.3 is 0 Å². The van der Waals surface area contributed by atoms with E-state index in [1.54, 1.807) is 0 Å². The number of benzene rings is 9. The average molecular weight is 764 g/mol. The second-order valence-corrected chi connectivity index (χ2v) is 15.3. The Balaban J connectivity index is 1.16. The first kappa shape index (κ1) is 33.9. The van der Waals surface area contributed by atoms with E-state index in [-0.39, 0.29) is 0 Å². The molecule has 60 heavy (non-hydrogen) atoms. The molecule has 12 aromatic rings. The second-order valence-electron chi connectivity index (χ2n) is 15.3. The van der Waals surface area contributed by atoms with E-state index in [9.17, 15) is 0 Å². The Morgan fingerprint density at radius 3 is 1.12 bits per heavy atom. The molecule has 5 heteroatoms. The first-order chi connectivity index (χ1) is 29.7. The van der Waals surface area contributed by atoms with Gasteiger partial charge in [-0.3, -0.25) is 9.97 Å². The van der Waals surface area contributed by atoms with Gasteiger partial charge in [0.1, 0.15) is 0 Å². The predicted octanol–water partition coefficient (Wildman–Crippen LogP) is 13.9. The molecular weight excluding hydrogens is 731 g/mol. The molecule has 278 valence electrons. The molecule has 5 nitrogen and oxygen atoms in total. The fraction of sp³-hybridized carbons (Fsp3) is 0. The Bertz CT molecular complexity index is 3450. The van der Waals surface area contributed by atoms with Gasteiger partial charge in [-0.05, 0) is 120 Å². The summed E-state index contributed by atoms with van der Waals surface area (Å²) >= 11 is 0. The summed E-state index contributed by atoms with van der Waals surface area (Å²) in [5.41, 5.74) is 8.82. The van der Waals surface area contributed by atoms with Crippen molar-refractivity contribution < 1.29 is 0 Å². The molecule has 3 aromatic heterocycles. The van der Waals surface area contributed by atoms with Crippen LogP contribution in [0.1, 0.15) is 0 Å². The molecule has 0 fully saturated rings. The SMILES string of the molecule is c1cnc2cc(-c3nc(-c4cc(-c5cc6ccccc6c6ccccc56)cc(-c5cc6ccccc6c6ccccc56)c4)nc(-c4ccc5cccnc5c4)n3)ccc2c1. The highest BCUT2D eigenvalue weighted by Crippen LogP contribution is 2.42. The molecule has 0 spiro atoms. The highest BCUT2D eigenvalue weighted by atomic mass is 15.0. The van der Waals surface area contributed by atoms with Gasteiger partial charge in [-0.15, -0.1) is 0 Å². The standard InChI is InChI=1S/C55H33N5/c1-3-15-43-36(11-1)30-49(47-19-7-5-17-45(43)47)40-27-41(50-31-37-12-2-4-16-44(37)46-18-6-8-20-48(46)50)29-42(28-40)55-59-53(38-23-21-34-13-9-25-56-51(34)32-38)58-54(60-55)39-24-22-35-14-10-26-57-52(35)33-39/h1-33H. The lowest BCUT2D eigenvalue weighted by Gasteiger charge is -2.16. The molecule has 0 N–H and O–H groups in total. The summed E-state index contributed by atoms with van der Waals surface area (Å²) in [7, 11) is 0. The van der Waals surface area contributed by atoms with Crippen molar-refractivity contribution in [3.8, 4) is 56.4 Å². The van der Waals surface area contributed by atoms with Crippen LogP contribution in [0.5, 0.6) is 0 Å². The summed E-state index contributed by atoms with van der Waals surface area (Å²) in [6.45, 7) is 0. The second kappa shape index (κ2) is 13.8. The lowest BCUT2D eigenvalue weighted by Crippen LogP contribution is -2.01. The zero-order valence-corrected chi connectivity index (χ0v) is 32.3. The topological polar surface area (TPSA) is 64.5 Å².